The van der Waals surface area contributed by atoms with E-state index in [0.717, 1.165) is 35.5 Å². The minimum absolute atomic E-state index is 0.0802. The molecule has 0 bridgehead atoms. The fraction of sp³-hybridized carbons (Fsp3) is 0.194. The Morgan fingerprint density at radius 3 is 2.06 bits per heavy atom. The highest BCUT2D eigenvalue weighted by Gasteiger charge is 2.24. The summed E-state index contributed by atoms with van der Waals surface area (Å²) in [7, 11) is 0. The van der Waals surface area contributed by atoms with Gasteiger partial charge >= 0.3 is 0 Å². The Labute approximate surface area is 275 Å². The molecule has 0 saturated carbocycles. The first-order valence-electron chi connectivity index (χ1n) is 15.1. The van der Waals surface area contributed by atoms with Gasteiger partial charge in [0.25, 0.3) is 0 Å². The summed E-state index contributed by atoms with van der Waals surface area (Å²) in [5.74, 6) is -4.78. The van der Waals surface area contributed by atoms with Gasteiger partial charge < -0.3 is 26.3 Å². The van der Waals surface area contributed by atoms with E-state index in [-0.39, 0.29) is 19.4 Å². The number of aromatic nitrogens is 2. The van der Waals surface area contributed by atoms with Crippen molar-refractivity contribution >= 4 is 28.5 Å². The molecule has 1 unspecified atom stereocenters. The first-order chi connectivity index (χ1) is 23.0. The fourth-order valence-electron chi connectivity index (χ4n) is 5.50. The number of carbonyl (C=O) groups is 2. The molecule has 8 nitrogen and oxygen atoms in total. The number of carbonyl (C=O) groups excluding carboxylic acids is 2. The highest BCUT2D eigenvalue weighted by atomic mass is 19.2. The molecule has 2 radical (unpaired) electrons. The monoisotopic (exact) mass is 658 g/mol. The summed E-state index contributed by atoms with van der Waals surface area (Å²) >= 11 is 0. The van der Waals surface area contributed by atoms with Crippen molar-refractivity contribution in [1.82, 2.24) is 14.9 Å². The smallest absolute Gasteiger partial charge is 0.237 e. The molecule has 5 N–H and O–H groups in total. The van der Waals surface area contributed by atoms with Crippen LogP contribution < -0.4 is 21.7 Å². The normalized spacial score (nSPS) is 12.6. The summed E-state index contributed by atoms with van der Waals surface area (Å²) in [5, 5.41) is 2.75. The summed E-state index contributed by atoms with van der Waals surface area (Å²) in [6.07, 6.45) is -0.336. The van der Waals surface area contributed by atoms with Crippen molar-refractivity contribution in [2.75, 3.05) is 18.0 Å². The molecule has 0 aliphatic carbocycles. The van der Waals surface area contributed by atoms with E-state index in [0.29, 0.717) is 46.6 Å². The van der Waals surface area contributed by atoms with Gasteiger partial charge in [0.05, 0.1) is 29.5 Å². The average Bonchev–Trinajstić information content (AvgIpc) is 3.42. The van der Waals surface area contributed by atoms with Crippen molar-refractivity contribution in [1.29, 1.82) is 0 Å². The quantitative estimate of drug-likeness (QED) is 0.147. The molecule has 5 rings (SSSR count). The zero-order chi connectivity index (χ0) is 34.5. The van der Waals surface area contributed by atoms with Crippen LogP contribution in [0, 0.1) is 37.1 Å². The Kier molecular flexibility index (Phi) is 10.4. The maximum absolute atomic E-state index is 14.2. The molecule has 5 aromatic rings. The molecule has 0 aliphatic heterocycles. The van der Waals surface area contributed by atoms with E-state index in [9.17, 15) is 27.2 Å². The number of benzene rings is 4. The number of hydrogen-bond donors (Lipinski definition) is 3. The van der Waals surface area contributed by atoms with E-state index in [1.165, 1.54) is 12.1 Å². The molecule has 0 fully saturated rings. The number of imidazole rings is 1. The van der Waals surface area contributed by atoms with Crippen LogP contribution in [0.25, 0.3) is 22.4 Å². The molecular weight excluding hydrogens is 624 g/mol. The van der Waals surface area contributed by atoms with E-state index in [1.54, 1.807) is 18.2 Å². The SMILES string of the molecule is [CH2]CN(C[CH2])c1ccc(-c2nc3cc(C(CC(N)=O)NC(=O)[C@@H](N)Cc4ccc(F)c(F)c4)ccc3n2Cc2ccc(F)c(F)c2)cc1. The molecule has 4 aromatic carbocycles. The van der Waals surface area contributed by atoms with E-state index in [4.69, 9.17) is 16.5 Å². The minimum Gasteiger partial charge on any atom is -0.372 e. The molecule has 1 aromatic heterocycles. The van der Waals surface area contributed by atoms with E-state index >= 15 is 0 Å². The fourth-order valence-corrected chi connectivity index (χ4v) is 5.50. The summed E-state index contributed by atoms with van der Waals surface area (Å²) in [6.45, 7) is 9.08. The molecule has 2 amide bonds. The molecule has 12 heteroatoms. The number of hydrogen-bond acceptors (Lipinski definition) is 5. The summed E-state index contributed by atoms with van der Waals surface area (Å²) < 4.78 is 56.8. The summed E-state index contributed by atoms with van der Waals surface area (Å²) in [5.41, 5.74) is 15.8. The van der Waals surface area contributed by atoms with Crippen LogP contribution in [0.4, 0.5) is 23.2 Å². The van der Waals surface area contributed by atoms with Crippen LogP contribution >= 0.6 is 0 Å². The van der Waals surface area contributed by atoms with Crippen molar-refractivity contribution in [3.05, 3.63) is 133 Å². The Morgan fingerprint density at radius 2 is 1.46 bits per heavy atom. The van der Waals surface area contributed by atoms with Crippen molar-refractivity contribution in [3.63, 3.8) is 0 Å². The molecule has 2 atom stereocenters. The summed E-state index contributed by atoms with van der Waals surface area (Å²) in [6, 6.07) is 17.7. The van der Waals surface area contributed by atoms with Crippen LogP contribution in [0.15, 0.2) is 78.9 Å². The minimum atomic E-state index is -1.14. The topological polar surface area (TPSA) is 119 Å². The molecule has 1 heterocycles. The highest BCUT2D eigenvalue weighted by Crippen LogP contribution is 2.30. The van der Waals surface area contributed by atoms with Gasteiger partial charge in [-0.2, -0.15) is 0 Å². The van der Waals surface area contributed by atoms with Gasteiger partial charge in [0.1, 0.15) is 5.82 Å². The number of nitrogens with zero attached hydrogens (tertiary/aromatic N) is 3. The molecule has 0 aliphatic rings. The second kappa shape index (κ2) is 14.7. The number of nitrogens with two attached hydrogens (primary N) is 2. The van der Waals surface area contributed by atoms with Crippen LogP contribution in [-0.2, 0) is 22.6 Å². The number of nitrogens with one attached hydrogen (secondary N) is 1. The number of anilines is 1. The first kappa shape index (κ1) is 34.1. The van der Waals surface area contributed by atoms with Gasteiger partial charge in [-0.1, -0.05) is 18.2 Å². The van der Waals surface area contributed by atoms with Crippen LogP contribution in [-0.4, -0.2) is 40.5 Å². The molecular formula is C36H34F4N6O2. The predicted molar refractivity (Wildman–Crippen MR) is 176 cm³/mol. The van der Waals surface area contributed by atoms with E-state index < -0.39 is 47.2 Å². The number of primary amides is 1. The number of fused-ring (bicyclic) bond motifs is 1. The van der Waals surface area contributed by atoms with E-state index in [2.05, 4.69) is 19.2 Å². The van der Waals surface area contributed by atoms with Crippen LogP contribution in [0.5, 0.6) is 0 Å². The van der Waals surface area contributed by atoms with Gasteiger partial charge in [0, 0.05) is 30.9 Å². The number of amides is 2. The van der Waals surface area contributed by atoms with Crippen LogP contribution in [0.3, 0.4) is 0 Å². The Bertz CT molecular complexity index is 1940. The maximum atomic E-state index is 14.2. The Hall–Kier alpha value is -5.23. The van der Waals surface area contributed by atoms with Gasteiger partial charge in [-0.15, -0.1) is 0 Å². The largest absolute Gasteiger partial charge is 0.372 e. The number of halogens is 4. The number of rotatable bonds is 13. The first-order valence-corrected chi connectivity index (χ1v) is 15.1. The lowest BCUT2D eigenvalue weighted by Crippen LogP contribution is -2.44. The lowest BCUT2D eigenvalue weighted by molar-refractivity contribution is -0.123. The lowest BCUT2D eigenvalue weighted by atomic mass is 10.0. The predicted octanol–water partition coefficient (Wildman–Crippen LogP) is 5.39. The van der Waals surface area contributed by atoms with Crippen molar-refractivity contribution < 1.29 is 27.2 Å². The third-order valence-electron chi connectivity index (χ3n) is 8.03. The molecule has 0 saturated heterocycles. The van der Waals surface area contributed by atoms with Gasteiger partial charge in [0.15, 0.2) is 23.3 Å². The second-order valence-corrected chi connectivity index (χ2v) is 11.3. The maximum Gasteiger partial charge on any atom is 0.237 e. The molecule has 48 heavy (non-hydrogen) atoms. The lowest BCUT2D eigenvalue weighted by Gasteiger charge is -2.21. The highest BCUT2D eigenvalue weighted by molar-refractivity contribution is 5.85. The van der Waals surface area contributed by atoms with Crippen LogP contribution in [0.1, 0.15) is 29.2 Å². The second-order valence-electron chi connectivity index (χ2n) is 11.3. The third kappa shape index (κ3) is 7.66. The van der Waals surface area contributed by atoms with E-state index in [1.807, 2.05) is 33.7 Å². The average molecular weight is 659 g/mol. The van der Waals surface area contributed by atoms with Crippen LogP contribution in [0.2, 0.25) is 0 Å². The van der Waals surface area contributed by atoms with Gasteiger partial charge in [-0.25, -0.2) is 22.5 Å². The van der Waals surface area contributed by atoms with Gasteiger partial charge in [-0.3, -0.25) is 9.59 Å². The Morgan fingerprint density at radius 1 is 0.833 bits per heavy atom. The zero-order valence-electron chi connectivity index (χ0n) is 25.9. The van der Waals surface area contributed by atoms with Crippen molar-refractivity contribution in [2.45, 2.75) is 31.5 Å². The zero-order valence-corrected chi connectivity index (χ0v) is 25.9. The molecule has 0 spiro atoms. The third-order valence-corrected chi connectivity index (χ3v) is 8.03. The summed E-state index contributed by atoms with van der Waals surface area (Å²) in [4.78, 5) is 32.0. The van der Waals surface area contributed by atoms with Crippen molar-refractivity contribution in [3.8, 4) is 11.4 Å². The molecule has 248 valence electrons. The standard InChI is InChI=1S/C36H34F4N6O2/c1-3-45(4-2)25-10-7-23(8-11-25)35-43-32-18-24(9-14-33(32)46(35)20-22-6-13-27(38)29(40)16-22)31(19-34(42)47)44-36(48)30(41)17-21-5-12-26(37)28(39)15-21/h5-16,18,30-31H,1-4,17,19-20,41H2,(H2,42,47)(H,44,48)/t30-,31?/m0/s1. The van der Waals surface area contributed by atoms with Gasteiger partial charge in [-0.05, 0) is 97.6 Å². The van der Waals surface area contributed by atoms with Gasteiger partial charge in [0.2, 0.25) is 11.8 Å². The van der Waals surface area contributed by atoms with Crippen molar-refractivity contribution in [2.24, 2.45) is 11.5 Å². The Balaban J connectivity index is 1.50.